The molecule has 9 nitrogen and oxygen atoms in total. The molecule has 0 amide bonds. The first-order valence-corrected chi connectivity index (χ1v) is 8.17. The predicted octanol–water partition coefficient (Wildman–Crippen LogP) is 1.22. The van der Waals surface area contributed by atoms with Gasteiger partial charge in [-0.15, -0.1) is 0 Å². The molecule has 0 aliphatic carbocycles. The average molecular weight is 353 g/mol. The number of rotatable bonds is 12. The molecule has 140 valence electrons. The first-order valence-electron chi connectivity index (χ1n) is 8.17. The summed E-state index contributed by atoms with van der Waals surface area (Å²) in [6, 6.07) is 6.33. The number of hydrogen-bond donors (Lipinski definition) is 3. The normalized spacial score (nSPS) is 11.2. The third kappa shape index (κ3) is 9.48. The van der Waals surface area contributed by atoms with Gasteiger partial charge in [0, 0.05) is 58.2 Å². The molecule has 0 saturated heterocycles. The highest BCUT2D eigenvalue weighted by atomic mass is 16.6. The maximum atomic E-state index is 10.6. The smallest absolute Gasteiger partial charge is 0.269 e. The number of non-ortho nitro benzene ring substituents is 1. The first-order chi connectivity index (χ1) is 12.2. The fourth-order valence-electron chi connectivity index (χ4n) is 1.93. The number of nitrogens with one attached hydrogen (secondary N) is 3. The lowest BCUT2D eigenvalue weighted by Crippen LogP contribution is -2.40. The van der Waals surface area contributed by atoms with Gasteiger partial charge >= 0.3 is 0 Å². The minimum Gasteiger partial charge on any atom is -0.383 e. The monoisotopic (exact) mass is 353 g/mol. The van der Waals surface area contributed by atoms with Gasteiger partial charge < -0.3 is 25.4 Å². The quantitative estimate of drug-likeness (QED) is 0.170. The highest BCUT2D eigenvalue weighted by Gasteiger charge is 2.03. The van der Waals surface area contributed by atoms with E-state index < -0.39 is 4.92 Å². The zero-order valence-electron chi connectivity index (χ0n) is 14.8. The summed E-state index contributed by atoms with van der Waals surface area (Å²) in [4.78, 5) is 14.3. The highest BCUT2D eigenvalue weighted by molar-refractivity contribution is 5.79. The Balaban J connectivity index is 2.11. The number of ether oxygens (including phenoxy) is 2. The topological polar surface area (TPSA) is 110 Å². The molecule has 0 saturated carbocycles. The van der Waals surface area contributed by atoms with Gasteiger partial charge in [0.05, 0.1) is 18.1 Å². The summed E-state index contributed by atoms with van der Waals surface area (Å²) in [7, 11) is 3.37. The van der Waals surface area contributed by atoms with Crippen LogP contribution in [-0.2, 0) is 9.47 Å². The van der Waals surface area contributed by atoms with Gasteiger partial charge in [0.2, 0.25) is 0 Å². The third-order valence-electron chi connectivity index (χ3n) is 3.24. The molecule has 0 bridgehead atoms. The number of hydrogen-bond acceptors (Lipinski definition) is 6. The molecule has 25 heavy (non-hydrogen) atoms. The summed E-state index contributed by atoms with van der Waals surface area (Å²) in [6.45, 7) is 3.99. The van der Waals surface area contributed by atoms with Crippen LogP contribution in [0.25, 0.3) is 0 Å². The van der Waals surface area contributed by atoms with Crippen molar-refractivity contribution >= 4 is 17.3 Å². The number of guanidine groups is 1. The fourth-order valence-corrected chi connectivity index (χ4v) is 1.93. The van der Waals surface area contributed by atoms with Crippen molar-refractivity contribution in [3.8, 4) is 0 Å². The SMILES string of the molecule is CN=C(NCCCOCCOC)NCCNc1ccc([N+](=O)[O-])cc1. The summed E-state index contributed by atoms with van der Waals surface area (Å²) < 4.78 is 10.3. The Kier molecular flexibility index (Phi) is 10.7. The second-order valence-corrected chi connectivity index (χ2v) is 5.12. The van der Waals surface area contributed by atoms with E-state index in [1.165, 1.54) is 12.1 Å². The number of nitro benzene ring substituents is 1. The molecule has 0 unspecified atom stereocenters. The summed E-state index contributed by atoms with van der Waals surface area (Å²) in [5.41, 5.74) is 0.919. The molecule has 0 aromatic heterocycles. The van der Waals surface area contributed by atoms with Gasteiger partial charge in [-0.25, -0.2) is 0 Å². The number of aliphatic imine (C=N–C) groups is 1. The van der Waals surface area contributed by atoms with Crippen molar-refractivity contribution in [1.82, 2.24) is 10.6 Å². The van der Waals surface area contributed by atoms with Crippen molar-refractivity contribution in [1.29, 1.82) is 0 Å². The Morgan fingerprint density at radius 3 is 2.48 bits per heavy atom. The van der Waals surface area contributed by atoms with Crippen LogP contribution in [0, 0.1) is 10.1 Å². The second-order valence-electron chi connectivity index (χ2n) is 5.12. The number of nitro groups is 1. The molecule has 0 atom stereocenters. The Morgan fingerprint density at radius 1 is 1.12 bits per heavy atom. The Morgan fingerprint density at radius 2 is 1.84 bits per heavy atom. The molecule has 9 heteroatoms. The van der Waals surface area contributed by atoms with Crippen LogP contribution < -0.4 is 16.0 Å². The molecule has 0 heterocycles. The molecule has 0 radical (unpaired) electrons. The number of methoxy groups -OCH3 is 1. The maximum absolute atomic E-state index is 10.6. The van der Waals surface area contributed by atoms with Gasteiger partial charge in [-0.3, -0.25) is 15.1 Å². The zero-order chi connectivity index (χ0) is 18.3. The van der Waals surface area contributed by atoms with E-state index in [0.717, 1.165) is 24.6 Å². The van der Waals surface area contributed by atoms with Crippen molar-refractivity contribution < 1.29 is 14.4 Å². The lowest BCUT2D eigenvalue weighted by Gasteiger charge is -2.12. The summed E-state index contributed by atoms with van der Waals surface area (Å²) in [5.74, 6) is 0.724. The van der Waals surface area contributed by atoms with E-state index in [1.807, 2.05) is 0 Å². The van der Waals surface area contributed by atoms with Gasteiger partial charge in [0.15, 0.2) is 5.96 Å². The van der Waals surface area contributed by atoms with Gasteiger partial charge in [0.25, 0.3) is 5.69 Å². The van der Waals surface area contributed by atoms with Crippen LogP contribution in [0.4, 0.5) is 11.4 Å². The molecule has 0 spiro atoms. The molecule has 0 fully saturated rings. The molecular formula is C16H27N5O4. The van der Waals surface area contributed by atoms with Crippen LogP contribution in [-0.4, -0.2) is 64.5 Å². The van der Waals surface area contributed by atoms with E-state index in [9.17, 15) is 10.1 Å². The van der Waals surface area contributed by atoms with Crippen LogP contribution in [0.2, 0.25) is 0 Å². The molecule has 1 aromatic rings. The fraction of sp³-hybridized carbons (Fsp3) is 0.562. The Labute approximate surface area is 148 Å². The number of nitrogens with zero attached hydrogens (tertiary/aromatic N) is 2. The van der Waals surface area contributed by atoms with E-state index in [4.69, 9.17) is 9.47 Å². The average Bonchev–Trinajstić information content (AvgIpc) is 2.63. The molecular weight excluding hydrogens is 326 g/mol. The van der Waals surface area contributed by atoms with Gasteiger partial charge in [-0.2, -0.15) is 0 Å². The van der Waals surface area contributed by atoms with Crippen LogP contribution in [0.5, 0.6) is 0 Å². The zero-order valence-corrected chi connectivity index (χ0v) is 14.8. The van der Waals surface area contributed by atoms with Crippen LogP contribution in [0.15, 0.2) is 29.3 Å². The molecule has 0 aliphatic heterocycles. The summed E-state index contributed by atoms with van der Waals surface area (Å²) in [6.07, 6.45) is 0.880. The first kappa shape index (κ1) is 20.7. The largest absolute Gasteiger partial charge is 0.383 e. The van der Waals surface area contributed by atoms with E-state index in [1.54, 1.807) is 26.3 Å². The molecule has 0 aliphatic rings. The Hall–Kier alpha value is -2.39. The van der Waals surface area contributed by atoms with Crippen LogP contribution in [0.1, 0.15) is 6.42 Å². The standard InChI is InChI=1S/C16H27N5O4/c1-17-16(19-8-3-11-25-13-12-24-2)20-10-9-18-14-4-6-15(7-5-14)21(22)23/h4-7,18H,3,8-13H2,1-2H3,(H2,17,19,20). The molecule has 3 N–H and O–H groups in total. The number of benzene rings is 1. The van der Waals surface area contributed by atoms with Crippen molar-refractivity contribution in [3.05, 3.63) is 34.4 Å². The van der Waals surface area contributed by atoms with Crippen LogP contribution in [0.3, 0.4) is 0 Å². The Bertz CT molecular complexity index is 522. The lowest BCUT2D eigenvalue weighted by atomic mass is 10.3. The summed E-state index contributed by atoms with van der Waals surface area (Å²) >= 11 is 0. The van der Waals surface area contributed by atoms with Crippen molar-refractivity contribution in [2.45, 2.75) is 6.42 Å². The highest BCUT2D eigenvalue weighted by Crippen LogP contribution is 2.14. The van der Waals surface area contributed by atoms with Crippen molar-refractivity contribution in [2.75, 3.05) is 58.9 Å². The van der Waals surface area contributed by atoms with E-state index in [2.05, 4.69) is 20.9 Å². The van der Waals surface area contributed by atoms with Crippen molar-refractivity contribution in [3.63, 3.8) is 0 Å². The van der Waals surface area contributed by atoms with Crippen LogP contribution >= 0.6 is 0 Å². The summed E-state index contributed by atoms with van der Waals surface area (Å²) in [5, 5.41) is 20.2. The van der Waals surface area contributed by atoms with E-state index in [-0.39, 0.29) is 5.69 Å². The van der Waals surface area contributed by atoms with Crippen molar-refractivity contribution in [2.24, 2.45) is 4.99 Å². The van der Waals surface area contributed by atoms with E-state index >= 15 is 0 Å². The van der Waals surface area contributed by atoms with Gasteiger partial charge in [-0.1, -0.05) is 0 Å². The van der Waals surface area contributed by atoms with Gasteiger partial charge in [0.1, 0.15) is 0 Å². The third-order valence-corrected chi connectivity index (χ3v) is 3.24. The molecule has 1 aromatic carbocycles. The maximum Gasteiger partial charge on any atom is 0.269 e. The van der Waals surface area contributed by atoms with Gasteiger partial charge in [-0.05, 0) is 18.6 Å². The minimum atomic E-state index is -0.413. The minimum absolute atomic E-state index is 0.0828. The lowest BCUT2D eigenvalue weighted by molar-refractivity contribution is -0.384. The molecule has 1 rings (SSSR count). The number of anilines is 1. The second kappa shape index (κ2) is 13.0. The predicted molar refractivity (Wildman–Crippen MR) is 98.3 cm³/mol. The van der Waals surface area contributed by atoms with E-state index in [0.29, 0.717) is 32.9 Å².